The number of hydrogen-bond acceptors (Lipinski definition) is 2. The zero-order valence-electron chi connectivity index (χ0n) is 11.5. The summed E-state index contributed by atoms with van der Waals surface area (Å²) in [6.45, 7) is 7.35. The lowest BCUT2D eigenvalue weighted by Crippen LogP contribution is -2.02. The van der Waals surface area contributed by atoms with E-state index in [-0.39, 0.29) is 17.4 Å². The van der Waals surface area contributed by atoms with Crippen LogP contribution in [-0.2, 0) is 0 Å². The number of aromatic hydroxyl groups is 2. The molecule has 1 aliphatic rings. The fourth-order valence-electron chi connectivity index (χ4n) is 2.31. The summed E-state index contributed by atoms with van der Waals surface area (Å²) in [5.41, 5.74) is 1.99. The first-order chi connectivity index (χ1) is 8.99. The number of benzene rings is 1. The van der Waals surface area contributed by atoms with Gasteiger partial charge in [-0.25, -0.2) is 0 Å². The van der Waals surface area contributed by atoms with Crippen molar-refractivity contribution in [2.45, 2.75) is 39.0 Å². The monoisotopic (exact) mass is 324 g/mol. The molecule has 1 atom stereocenters. The molecule has 2 rings (SSSR count). The van der Waals surface area contributed by atoms with Crippen LogP contribution in [-0.4, -0.2) is 10.2 Å². The quantitative estimate of drug-likeness (QED) is 0.691. The molecule has 1 unspecified atom stereocenters. The Labute approximate surface area is 123 Å². The van der Waals surface area contributed by atoms with Crippen LogP contribution in [0.15, 0.2) is 40.9 Å². The van der Waals surface area contributed by atoms with Crippen molar-refractivity contribution < 1.29 is 10.2 Å². The molecule has 2 N–H and O–H groups in total. The van der Waals surface area contributed by atoms with Gasteiger partial charge >= 0.3 is 0 Å². The normalized spacial score (nSPS) is 18.1. The fraction of sp³-hybridized carbons (Fsp3) is 0.375. The van der Waals surface area contributed by atoms with Crippen molar-refractivity contribution >= 4 is 15.9 Å². The van der Waals surface area contributed by atoms with E-state index in [9.17, 15) is 10.2 Å². The van der Waals surface area contributed by atoms with Crippen molar-refractivity contribution in [1.82, 2.24) is 0 Å². The SMILES string of the molecule is C=CC.CC1=CC(c2c(O)cc(Br)cc2O)CCC1. The van der Waals surface area contributed by atoms with E-state index in [1.165, 1.54) is 5.57 Å². The van der Waals surface area contributed by atoms with E-state index in [0.717, 1.165) is 19.3 Å². The van der Waals surface area contributed by atoms with Gasteiger partial charge in [-0.2, -0.15) is 0 Å². The molecule has 0 bridgehead atoms. The summed E-state index contributed by atoms with van der Waals surface area (Å²) < 4.78 is 0.697. The van der Waals surface area contributed by atoms with Crippen molar-refractivity contribution in [3.8, 4) is 11.5 Å². The number of phenols is 2. The summed E-state index contributed by atoms with van der Waals surface area (Å²) in [4.78, 5) is 0. The lowest BCUT2D eigenvalue weighted by Gasteiger charge is -2.21. The summed E-state index contributed by atoms with van der Waals surface area (Å²) in [6.07, 6.45) is 7.11. The maximum absolute atomic E-state index is 9.89. The second kappa shape index (κ2) is 7.39. The molecule has 0 saturated heterocycles. The summed E-state index contributed by atoms with van der Waals surface area (Å²) in [5.74, 6) is 0.479. The third-order valence-corrected chi connectivity index (χ3v) is 3.50. The van der Waals surface area contributed by atoms with E-state index in [1.807, 2.05) is 6.92 Å². The Hall–Kier alpha value is -1.22. The second-order valence-corrected chi connectivity index (χ2v) is 5.69. The molecule has 3 heteroatoms. The van der Waals surface area contributed by atoms with Crippen molar-refractivity contribution in [1.29, 1.82) is 0 Å². The van der Waals surface area contributed by atoms with Crippen LogP contribution in [0.25, 0.3) is 0 Å². The van der Waals surface area contributed by atoms with Gasteiger partial charge in [0.25, 0.3) is 0 Å². The maximum Gasteiger partial charge on any atom is 0.124 e. The van der Waals surface area contributed by atoms with Crippen molar-refractivity contribution in [2.75, 3.05) is 0 Å². The Morgan fingerprint density at radius 3 is 2.32 bits per heavy atom. The molecule has 0 radical (unpaired) electrons. The molecule has 0 amide bonds. The highest BCUT2D eigenvalue weighted by atomic mass is 79.9. The number of allylic oxidation sites excluding steroid dienone is 3. The van der Waals surface area contributed by atoms with E-state index in [2.05, 4.69) is 35.5 Å². The van der Waals surface area contributed by atoms with Gasteiger partial charge in [0.15, 0.2) is 0 Å². The van der Waals surface area contributed by atoms with Crippen molar-refractivity contribution in [3.63, 3.8) is 0 Å². The molecule has 1 aromatic carbocycles. The lowest BCUT2D eigenvalue weighted by molar-refractivity contribution is 0.428. The molecular weight excluding hydrogens is 304 g/mol. The summed E-state index contributed by atoms with van der Waals surface area (Å²) in [6, 6.07) is 3.26. The van der Waals surface area contributed by atoms with Crippen LogP contribution >= 0.6 is 15.9 Å². The molecule has 0 saturated carbocycles. The van der Waals surface area contributed by atoms with Crippen LogP contribution in [0.5, 0.6) is 11.5 Å². The zero-order chi connectivity index (χ0) is 14.4. The first-order valence-corrected chi connectivity index (χ1v) is 7.24. The van der Waals surface area contributed by atoms with Gasteiger partial charge in [0.05, 0.1) is 0 Å². The van der Waals surface area contributed by atoms with Gasteiger partial charge in [-0.15, -0.1) is 6.58 Å². The number of rotatable bonds is 1. The maximum atomic E-state index is 9.89. The first kappa shape index (κ1) is 15.8. The Morgan fingerprint density at radius 1 is 1.32 bits per heavy atom. The minimum Gasteiger partial charge on any atom is -0.507 e. The average molecular weight is 325 g/mol. The number of halogens is 1. The fourth-order valence-corrected chi connectivity index (χ4v) is 2.74. The largest absolute Gasteiger partial charge is 0.507 e. The van der Waals surface area contributed by atoms with E-state index < -0.39 is 0 Å². The van der Waals surface area contributed by atoms with E-state index in [0.29, 0.717) is 10.0 Å². The molecule has 104 valence electrons. The molecule has 0 heterocycles. The minimum atomic E-state index is 0.141. The van der Waals surface area contributed by atoms with Crippen molar-refractivity contribution in [3.05, 3.63) is 46.5 Å². The minimum absolute atomic E-state index is 0.141. The average Bonchev–Trinajstić information content (AvgIpc) is 2.28. The van der Waals surface area contributed by atoms with Gasteiger partial charge < -0.3 is 10.2 Å². The molecule has 0 spiro atoms. The second-order valence-electron chi connectivity index (χ2n) is 4.78. The Balaban J connectivity index is 0.000000550. The van der Waals surface area contributed by atoms with Gasteiger partial charge in [-0.3, -0.25) is 0 Å². The highest BCUT2D eigenvalue weighted by Crippen LogP contribution is 2.42. The highest BCUT2D eigenvalue weighted by molar-refractivity contribution is 9.10. The molecule has 1 aromatic rings. The smallest absolute Gasteiger partial charge is 0.124 e. The van der Waals surface area contributed by atoms with Crippen LogP contribution < -0.4 is 0 Å². The van der Waals surface area contributed by atoms with Crippen LogP contribution in [0.1, 0.15) is 44.6 Å². The van der Waals surface area contributed by atoms with Crippen LogP contribution in [0.3, 0.4) is 0 Å². The van der Waals surface area contributed by atoms with E-state index in [1.54, 1.807) is 18.2 Å². The van der Waals surface area contributed by atoms with Gasteiger partial charge in [0.1, 0.15) is 11.5 Å². The van der Waals surface area contributed by atoms with Gasteiger partial charge in [-0.05, 0) is 45.2 Å². The third kappa shape index (κ3) is 4.43. The molecule has 0 aliphatic heterocycles. The van der Waals surface area contributed by atoms with Gasteiger partial charge in [0.2, 0.25) is 0 Å². The molecular formula is C16H21BrO2. The topological polar surface area (TPSA) is 40.5 Å². The Morgan fingerprint density at radius 2 is 1.84 bits per heavy atom. The van der Waals surface area contributed by atoms with Crippen molar-refractivity contribution in [2.24, 2.45) is 0 Å². The summed E-state index contributed by atoms with van der Waals surface area (Å²) >= 11 is 3.25. The third-order valence-electron chi connectivity index (χ3n) is 3.04. The molecule has 0 aromatic heterocycles. The van der Waals surface area contributed by atoms with E-state index in [4.69, 9.17) is 0 Å². The number of phenolic OH excluding ortho intramolecular Hbond substituents is 2. The van der Waals surface area contributed by atoms with Gasteiger partial charge in [0, 0.05) is 16.0 Å². The lowest BCUT2D eigenvalue weighted by atomic mass is 9.85. The molecule has 19 heavy (non-hydrogen) atoms. The molecule has 0 fully saturated rings. The van der Waals surface area contributed by atoms with Crippen LogP contribution in [0.4, 0.5) is 0 Å². The predicted molar refractivity (Wildman–Crippen MR) is 83.7 cm³/mol. The zero-order valence-corrected chi connectivity index (χ0v) is 13.1. The highest BCUT2D eigenvalue weighted by Gasteiger charge is 2.20. The summed E-state index contributed by atoms with van der Waals surface area (Å²) in [5, 5.41) is 19.8. The van der Waals surface area contributed by atoms with Crippen LogP contribution in [0.2, 0.25) is 0 Å². The Bertz CT molecular complexity index is 455. The molecule has 2 nitrogen and oxygen atoms in total. The van der Waals surface area contributed by atoms with Crippen LogP contribution in [0, 0.1) is 0 Å². The summed E-state index contributed by atoms with van der Waals surface area (Å²) in [7, 11) is 0. The number of hydrogen-bond donors (Lipinski definition) is 2. The Kier molecular flexibility index (Phi) is 6.16. The standard InChI is InChI=1S/C13H15BrO2.C3H6/c1-8-3-2-4-9(5-8)13-11(15)6-10(14)7-12(13)16;1-3-2/h5-7,9,15-16H,2-4H2,1H3;3H,1H2,2H3. The first-order valence-electron chi connectivity index (χ1n) is 6.45. The van der Waals surface area contributed by atoms with E-state index >= 15 is 0 Å². The molecule has 1 aliphatic carbocycles. The van der Waals surface area contributed by atoms with Gasteiger partial charge in [-0.1, -0.05) is 33.7 Å². The predicted octanol–water partition coefficient (Wildman–Crippen LogP) is 5.27.